The second kappa shape index (κ2) is 10.6. The van der Waals surface area contributed by atoms with Gasteiger partial charge < -0.3 is 10.6 Å². The van der Waals surface area contributed by atoms with E-state index >= 15 is 0 Å². The summed E-state index contributed by atoms with van der Waals surface area (Å²) in [5.74, 6) is 5.04. The zero-order valence-corrected chi connectivity index (χ0v) is 18.0. The standard InChI is InChI=1S/C22H24FN3O3S/c1-5-26(21(28)18-8-6-7-9-19(18)23)22(25-24)30-16(4)17-12-14(2)20(15(3)13-17)29-11-10-27/h6-10,12-13H,4-5,11,24H2,1-3H3/b25-22-. The van der Waals surface area contributed by atoms with Gasteiger partial charge in [-0.3, -0.25) is 14.5 Å². The van der Waals surface area contributed by atoms with Crippen molar-refractivity contribution in [2.75, 3.05) is 13.2 Å². The van der Waals surface area contributed by atoms with Crippen molar-refractivity contribution in [3.8, 4) is 5.75 Å². The molecule has 0 heterocycles. The lowest BCUT2D eigenvalue weighted by Crippen LogP contribution is -2.36. The number of carbonyl (C=O) groups excluding carboxylic acids is 2. The molecule has 30 heavy (non-hydrogen) atoms. The van der Waals surface area contributed by atoms with E-state index in [2.05, 4.69) is 11.7 Å². The second-order valence-corrected chi connectivity index (χ2v) is 7.45. The molecule has 158 valence electrons. The molecule has 8 heteroatoms. The number of aryl methyl sites for hydroxylation is 2. The first-order valence-corrected chi connectivity index (χ1v) is 10.0. The van der Waals surface area contributed by atoms with Crippen LogP contribution in [0.25, 0.3) is 4.91 Å². The van der Waals surface area contributed by atoms with Crippen LogP contribution in [-0.4, -0.2) is 35.4 Å². The molecule has 0 aromatic heterocycles. The van der Waals surface area contributed by atoms with Crippen LogP contribution >= 0.6 is 11.8 Å². The van der Waals surface area contributed by atoms with E-state index in [9.17, 15) is 14.0 Å². The third kappa shape index (κ3) is 5.27. The number of thioether (sulfide) groups is 1. The highest BCUT2D eigenvalue weighted by Gasteiger charge is 2.24. The minimum atomic E-state index is -0.613. The molecule has 0 aliphatic rings. The lowest BCUT2D eigenvalue weighted by Gasteiger charge is -2.22. The summed E-state index contributed by atoms with van der Waals surface area (Å²) in [5, 5.41) is 3.94. The molecule has 2 aromatic rings. The third-order valence-electron chi connectivity index (χ3n) is 4.30. The number of rotatable bonds is 7. The number of nitrogens with zero attached hydrogens (tertiary/aromatic N) is 2. The molecule has 0 aliphatic carbocycles. The van der Waals surface area contributed by atoms with Gasteiger partial charge in [-0.2, -0.15) is 5.10 Å². The van der Waals surface area contributed by atoms with Crippen molar-refractivity contribution in [2.45, 2.75) is 20.8 Å². The first-order valence-electron chi connectivity index (χ1n) is 9.23. The zero-order chi connectivity index (χ0) is 22.3. The van der Waals surface area contributed by atoms with Gasteiger partial charge >= 0.3 is 0 Å². The molecule has 0 unspecified atom stereocenters. The van der Waals surface area contributed by atoms with Crippen LogP contribution in [0.1, 0.15) is 34.0 Å². The van der Waals surface area contributed by atoms with Crippen LogP contribution in [0.4, 0.5) is 4.39 Å². The van der Waals surface area contributed by atoms with Crippen molar-refractivity contribution in [1.29, 1.82) is 0 Å². The summed E-state index contributed by atoms with van der Waals surface area (Å²) in [6, 6.07) is 9.49. The Labute approximate surface area is 179 Å². The van der Waals surface area contributed by atoms with Crippen LogP contribution in [0, 0.1) is 19.7 Å². The molecule has 0 spiro atoms. The van der Waals surface area contributed by atoms with Crippen molar-refractivity contribution in [2.24, 2.45) is 10.9 Å². The van der Waals surface area contributed by atoms with Gasteiger partial charge in [-0.1, -0.05) is 18.7 Å². The Hall–Kier alpha value is -3.13. The number of nitrogens with two attached hydrogens (primary N) is 1. The van der Waals surface area contributed by atoms with Crippen LogP contribution in [0.2, 0.25) is 0 Å². The molecular weight excluding hydrogens is 405 g/mol. The van der Waals surface area contributed by atoms with Crippen molar-refractivity contribution in [3.05, 3.63) is 71.0 Å². The highest BCUT2D eigenvalue weighted by molar-refractivity contribution is 8.21. The van der Waals surface area contributed by atoms with Crippen molar-refractivity contribution >= 4 is 34.0 Å². The van der Waals surface area contributed by atoms with Gasteiger partial charge in [0, 0.05) is 11.4 Å². The molecular formula is C22H24FN3O3S. The Kier molecular flexibility index (Phi) is 8.17. The zero-order valence-electron chi connectivity index (χ0n) is 17.1. The summed E-state index contributed by atoms with van der Waals surface area (Å²) in [6.45, 7) is 9.78. The fraction of sp³-hybridized carbons (Fsp3) is 0.227. The largest absolute Gasteiger partial charge is 0.486 e. The molecule has 2 N–H and O–H groups in total. The fourth-order valence-electron chi connectivity index (χ4n) is 2.92. The lowest BCUT2D eigenvalue weighted by atomic mass is 10.1. The van der Waals surface area contributed by atoms with Crippen LogP contribution in [0.3, 0.4) is 0 Å². The predicted molar refractivity (Wildman–Crippen MR) is 119 cm³/mol. The van der Waals surface area contributed by atoms with Crippen LogP contribution < -0.4 is 10.6 Å². The number of benzene rings is 2. The average molecular weight is 430 g/mol. The Bertz CT molecular complexity index is 968. The molecule has 0 atom stereocenters. The average Bonchev–Trinajstić information content (AvgIpc) is 2.72. The molecule has 0 saturated heterocycles. The summed E-state index contributed by atoms with van der Waals surface area (Å²) in [6.07, 6.45) is 0.692. The van der Waals surface area contributed by atoms with Gasteiger partial charge in [0.1, 0.15) is 18.2 Å². The van der Waals surface area contributed by atoms with E-state index in [1.54, 1.807) is 13.0 Å². The fourth-order valence-corrected chi connectivity index (χ4v) is 3.75. The summed E-state index contributed by atoms with van der Waals surface area (Å²) >= 11 is 1.12. The minimum absolute atomic E-state index is 0.0235. The number of hydrazone groups is 1. The van der Waals surface area contributed by atoms with Gasteiger partial charge in [-0.15, -0.1) is 0 Å². The first kappa shape index (κ1) is 23.2. The van der Waals surface area contributed by atoms with Gasteiger partial charge in [-0.25, -0.2) is 4.39 Å². The smallest absolute Gasteiger partial charge is 0.262 e. The van der Waals surface area contributed by atoms with E-state index in [1.807, 2.05) is 26.0 Å². The Morgan fingerprint density at radius 1 is 1.30 bits per heavy atom. The van der Waals surface area contributed by atoms with E-state index in [0.717, 1.165) is 28.5 Å². The van der Waals surface area contributed by atoms with E-state index in [-0.39, 0.29) is 23.9 Å². The SMILES string of the molecule is C=C(S/C(=N\N)N(CC)C(=O)c1ccccc1F)c1cc(C)c(OCC=O)c(C)c1. The molecule has 1 amide bonds. The van der Waals surface area contributed by atoms with Gasteiger partial charge in [-0.05, 0) is 73.5 Å². The summed E-state index contributed by atoms with van der Waals surface area (Å²) < 4.78 is 19.5. The second-order valence-electron chi connectivity index (χ2n) is 6.38. The Morgan fingerprint density at radius 2 is 1.93 bits per heavy atom. The molecule has 0 saturated carbocycles. The van der Waals surface area contributed by atoms with E-state index in [1.165, 1.54) is 23.1 Å². The number of carbonyl (C=O) groups is 2. The van der Waals surface area contributed by atoms with Crippen LogP contribution in [0.5, 0.6) is 5.75 Å². The maximum absolute atomic E-state index is 14.1. The Balaban J connectivity index is 2.26. The summed E-state index contributed by atoms with van der Waals surface area (Å²) in [4.78, 5) is 25.3. The van der Waals surface area contributed by atoms with E-state index in [0.29, 0.717) is 16.9 Å². The third-order valence-corrected chi connectivity index (χ3v) is 5.29. The number of hydrogen-bond acceptors (Lipinski definition) is 6. The van der Waals surface area contributed by atoms with Gasteiger partial charge in [0.15, 0.2) is 11.5 Å². The maximum atomic E-state index is 14.1. The van der Waals surface area contributed by atoms with Gasteiger partial charge in [0.25, 0.3) is 5.91 Å². The molecule has 6 nitrogen and oxygen atoms in total. The van der Waals surface area contributed by atoms with Crippen molar-refractivity contribution < 1.29 is 18.7 Å². The van der Waals surface area contributed by atoms with Crippen molar-refractivity contribution in [1.82, 2.24) is 4.90 Å². The summed E-state index contributed by atoms with van der Waals surface area (Å²) in [7, 11) is 0. The highest BCUT2D eigenvalue weighted by atomic mass is 32.2. The van der Waals surface area contributed by atoms with Gasteiger partial charge in [0.2, 0.25) is 0 Å². The molecule has 0 aliphatic heterocycles. The Morgan fingerprint density at radius 3 is 2.47 bits per heavy atom. The van der Waals surface area contributed by atoms with Crippen LogP contribution in [0.15, 0.2) is 48.1 Å². The minimum Gasteiger partial charge on any atom is -0.486 e. The molecule has 0 bridgehead atoms. The predicted octanol–water partition coefficient (Wildman–Crippen LogP) is 4.12. The number of hydrogen-bond donors (Lipinski definition) is 1. The molecule has 0 fully saturated rings. The lowest BCUT2D eigenvalue weighted by molar-refractivity contribution is -0.109. The van der Waals surface area contributed by atoms with Crippen LogP contribution in [-0.2, 0) is 4.79 Å². The van der Waals surface area contributed by atoms with E-state index in [4.69, 9.17) is 10.6 Å². The number of aldehydes is 1. The first-order chi connectivity index (χ1) is 14.3. The molecule has 2 rings (SSSR count). The number of amidine groups is 1. The monoisotopic (exact) mass is 429 g/mol. The number of halogens is 1. The maximum Gasteiger partial charge on any atom is 0.262 e. The quantitative estimate of drug-likeness (QED) is 0.235. The number of ether oxygens (including phenoxy) is 1. The number of amides is 1. The normalized spacial score (nSPS) is 11.1. The summed E-state index contributed by atoms with van der Waals surface area (Å²) in [5.41, 5.74) is 2.42. The molecule has 2 aromatic carbocycles. The molecule has 0 radical (unpaired) electrons. The van der Waals surface area contributed by atoms with E-state index < -0.39 is 11.7 Å². The van der Waals surface area contributed by atoms with Gasteiger partial charge in [0.05, 0.1) is 5.56 Å². The van der Waals surface area contributed by atoms with Crippen molar-refractivity contribution in [3.63, 3.8) is 0 Å². The topological polar surface area (TPSA) is 85.0 Å². The highest BCUT2D eigenvalue weighted by Crippen LogP contribution is 2.33.